The zero-order chi connectivity index (χ0) is 24.0. The molecular weight excluding hydrogens is 461 g/mol. The zero-order valence-corrected chi connectivity index (χ0v) is 17.1. The number of halogens is 5. The van der Waals surface area contributed by atoms with Crippen LogP contribution in [0.3, 0.4) is 0 Å². The summed E-state index contributed by atoms with van der Waals surface area (Å²) in [5.41, 5.74) is -0.613. The van der Waals surface area contributed by atoms with E-state index in [9.17, 15) is 22.4 Å². The average Bonchev–Trinajstić information content (AvgIpc) is 3.44. The molecule has 0 saturated heterocycles. The fourth-order valence-electron chi connectivity index (χ4n) is 3.70. The van der Waals surface area contributed by atoms with Crippen molar-refractivity contribution in [2.75, 3.05) is 5.32 Å². The van der Waals surface area contributed by atoms with Crippen molar-refractivity contribution in [3.05, 3.63) is 77.4 Å². The minimum atomic E-state index is -4.93. The second kappa shape index (κ2) is 8.06. The van der Waals surface area contributed by atoms with Gasteiger partial charge in [-0.15, -0.1) is 0 Å². The van der Waals surface area contributed by atoms with Crippen molar-refractivity contribution in [3.63, 3.8) is 0 Å². The Morgan fingerprint density at radius 3 is 2.68 bits per heavy atom. The molecule has 0 bridgehead atoms. The molecule has 2 aromatic heterocycles. The number of ether oxygens (including phenoxy) is 1. The Balaban J connectivity index is 1.44. The van der Waals surface area contributed by atoms with Crippen LogP contribution in [-0.4, -0.2) is 20.6 Å². The third-order valence-electron chi connectivity index (χ3n) is 5.33. The summed E-state index contributed by atoms with van der Waals surface area (Å²) in [5, 5.41) is 5.20. The first-order valence-corrected chi connectivity index (χ1v) is 9.92. The predicted molar refractivity (Wildman–Crippen MR) is 110 cm³/mol. The summed E-state index contributed by atoms with van der Waals surface area (Å²) in [6.07, 6.45) is -2.40. The molecule has 1 aliphatic rings. The molecule has 5 rings (SSSR count). The number of hydrogen-bond donors (Lipinski definition) is 2. The smallest absolute Gasteiger partial charge is 0.419 e. The predicted octanol–water partition coefficient (Wildman–Crippen LogP) is 5.20. The number of carbonyl (C=O) groups excluding carboxylic acids is 1. The molecule has 0 spiro atoms. The molecule has 1 aliphatic heterocycles. The molecule has 0 atom stereocenters. The molecule has 174 valence electrons. The minimum Gasteiger partial charge on any atom is -0.435 e. The molecular formula is C22H14F5N5O2. The SMILES string of the molecule is O=C(Nc1cccc(C(F)(F)F)c1F)n1ccc2c(F)c(Oc3ncnc4c3CNC4)ccc21. The Morgan fingerprint density at radius 2 is 1.88 bits per heavy atom. The molecule has 34 heavy (non-hydrogen) atoms. The van der Waals surface area contributed by atoms with E-state index >= 15 is 4.39 Å². The molecule has 2 N–H and O–H groups in total. The maximum atomic E-state index is 15.1. The first-order chi connectivity index (χ1) is 16.2. The molecule has 4 aromatic rings. The lowest BCUT2D eigenvalue weighted by molar-refractivity contribution is -0.139. The van der Waals surface area contributed by atoms with Crippen LogP contribution < -0.4 is 15.4 Å². The highest BCUT2D eigenvalue weighted by Crippen LogP contribution is 2.35. The average molecular weight is 475 g/mol. The van der Waals surface area contributed by atoms with E-state index in [0.717, 1.165) is 22.4 Å². The van der Waals surface area contributed by atoms with E-state index in [4.69, 9.17) is 4.74 Å². The number of hydrogen-bond acceptors (Lipinski definition) is 5. The molecule has 1 amide bonds. The number of aromatic nitrogens is 3. The van der Waals surface area contributed by atoms with E-state index in [-0.39, 0.29) is 22.5 Å². The van der Waals surface area contributed by atoms with Crippen LogP contribution >= 0.6 is 0 Å². The Morgan fingerprint density at radius 1 is 1.06 bits per heavy atom. The van der Waals surface area contributed by atoms with Gasteiger partial charge in [-0.25, -0.2) is 23.5 Å². The van der Waals surface area contributed by atoms with E-state index in [1.54, 1.807) is 0 Å². The summed E-state index contributed by atoms with van der Waals surface area (Å²) >= 11 is 0. The van der Waals surface area contributed by atoms with Crippen molar-refractivity contribution >= 4 is 22.6 Å². The van der Waals surface area contributed by atoms with Crippen LogP contribution in [0.2, 0.25) is 0 Å². The van der Waals surface area contributed by atoms with E-state index < -0.39 is 35.1 Å². The number of alkyl halides is 3. The molecule has 12 heteroatoms. The zero-order valence-electron chi connectivity index (χ0n) is 17.1. The van der Waals surface area contributed by atoms with Crippen LogP contribution in [0.1, 0.15) is 16.8 Å². The highest BCUT2D eigenvalue weighted by molar-refractivity contribution is 5.99. The van der Waals surface area contributed by atoms with E-state index in [1.165, 1.54) is 30.7 Å². The molecule has 0 aliphatic carbocycles. The topological polar surface area (TPSA) is 81.1 Å². The van der Waals surface area contributed by atoms with Crippen molar-refractivity contribution in [2.24, 2.45) is 0 Å². The Hall–Kier alpha value is -4.06. The van der Waals surface area contributed by atoms with Crippen molar-refractivity contribution in [2.45, 2.75) is 19.3 Å². The van der Waals surface area contributed by atoms with Gasteiger partial charge in [0, 0.05) is 24.7 Å². The first kappa shape index (κ1) is 21.8. The van der Waals surface area contributed by atoms with Crippen LogP contribution in [0.5, 0.6) is 11.6 Å². The van der Waals surface area contributed by atoms with Gasteiger partial charge in [0.15, 0.2) is 17.4 Å². The van der Waals surface area contributed by atoms with Gasteiger partial charge in [0.25, 0.3) is 0 Å². The lowest BCUT2D eigenvalue weighted by Crippen LogP contribution is -2.20. The van der Waals surface area contributed by atoms with Gasteiger partial charge in [0.2, 0.25) is 5.88 Å². The Kier molecular flexibility index (Phi) is 5.16. The largest absolute Gasteiger partial charge is 0.435 e. The van der Waals surface area contributed by atoms with Gasteiger partial charge in [-0.1, -0.05) is 6.07 Å². The summed E-state index contributed by atoms with van der Waals surface area (Å²) in [5.74, 6) is -2.33. The van der Waals surface area contributed by atoms with E-state index in [1.807, 2.05) is 0 Å². The second-order valence-corrected chi connectivity index (χ2v) is 7.40. The van der Waals surface area contributed by atoms with Crippen molar-refractivity contribution < 1.29 is 31.5 Å². The minimum absolute atomic E-state index is 0.0148. The molecule has 2 aromatic carbocycles. The van der Waals surface area contributed by atoms with Gasteiger partial charge in [-0.05, 0) is 30.3 Å². The van der Waals surface area contributed by atoms with Crippen LogP contribution in [0.25, 0.3) is 10.9 Å². The molecule has 7 nitrogen and oxygen atoms in total. The fraction of sp³-hybridized carbons (Fsp3) is 0.136. The summed E-state index contributed by atoms with van der Waals surface area (Å²) in [7, 11) is 0. The Bertz CT molecular complexity index is 1430. The van der Waals surface area contributed by atoms with Gasteiger partial charge in [0.05, 0.1) is 28.0 Å². The standard InChI is InChI=1S/C22H14F5N5O2/c23-18-11-6-7-32(21(33)31-14-3-1-2-13(19(14)24)22(25,26)27)16(11)4-5-17(18)34-20-12-8-28-9-15(12)29-10-30-20/h1-7,10,28H,8-9H2,(H,31,33). The third kappa shape index (κ3) is 3.71. The van der Waals surface area contributed by atoms with Crippen LogP contribution in [0.4, 0.5) is 32.4 Å². The lowest BCUT2D eigenvalue weighted by atomic mass is 10.2. The number of benzene rings is 2. The number of carbonyl (C=O) groups is 1. The number of nitrogens with one attached hydrogen (secondary N) is 2. The van der Waals surface area contributed by atoms with Gasteiger partial charge in [0.1, 0.15) is 6.33 Å². The summed E-state index contributed by atoms with van der Waals surface area (Å²) < 4.78 is 74.8. The van der Waals surface area contributed by atoms with Crippen LogP contribution in [0, 0.1) is 11.6 Å². The number of rotatable bonds is 3. The molecule has 0 saturated carbocycles. The maximum absolute atomic E-state index is 15.1. The van der Waals surface area contributed by atoms with Crippen molar-refractivity contribution in [1.29, 1.82) is 0 Å². The van der Waals surface area contributed by atoms with E-state index in [2.05, 4.69) is 20.6 Å². The highest BCUT2D eigenvalue weighted by Gasteiger charge is 2.35. The summed E-state index contributed by atoms with van der Waals surface area (Å²) in [6, 6.07) is 5.55. The second-order valence-electron chi connectivity index (χ2n) is 7.40. The highest BCUT2D eigenvalue weighted by atomic mass is 19.4. The van der Waals surface area contributed by atoms with Gasteiger partial charge in [-0.2, -0.15) is 13.2 Å². The quantitative estimate of drug-likeness (QED) is 0.398. The van der Waals surface area contributed by atoms with Gasteiger partial charge >= 0.3 is 12.2 Å². The van der Waals surface area contributed by atoms with Crippen molar-refractivity contribution in [1.82, 2.24) is 19.9 Å². The number of nitrogens with zero attached hydrogens (tertiary/aromatic N) is 3. The number of fused-ring (bicyclic) bond motifs is 2. The Labute approximate surface area is 188 Å². The maximum Gasteiger partial charge on any atom is 0.419 e. The van der Waals surface area contributed by atoms with Crippen LogP contribution in [0.15, 0.2) is 48.9 Å². The summed E-state index contributed by atoms with van der Waals surface area (Å²) in [4.78, 5) is 20.8. The lowest BCUT2D eigenvalue weighted by Gasteiger charge is -2.13. The fourth-order valence-corrected chi connectivity index (χ4v) is 3.70. The van der Waals surface area contributed by atoms with Gasteiger partial charge in [-0.3, -0.25) is 4.57 Å². The first-order valence-electron chi connectivity index (χ1n) is 9.92. The van der Waals surface area contributed by atoms with Crippen LogP contribution in [-0.2, 0) is 19.3 Å². The number of anilines is 1. The molecule has 0 radical (unpaired) electrons. The molecule has 0 fully saturated rings. The van der Waals surface area contributed by atoms with Crippen molar-refractivity contribution in [3.8, 4) is 11.6 Å². The van der Waals surface area contributed by atoms with E-state index in [0.29, 0.717) is 24.7 Å². The normalized spacial score (nSPS) is 13.2. The summed E-state index contributed by atoms with van der Waals surface area (Å²) in [6.45, 7) is 1.01. The monoisotopic (exact) mass is 475 g/mol. The number of amides is 1. The third-order valence-corrected chi connectivity index (χ3v) is 5.33. The molecule has 0 unspecified atom stereocenters. The van der Waals surface area contributed by atoms with Gasteiger partial charge < -0.3 is 15.4 Å². The molecule has 3 heterocycles.